The van der Waals surface area contributed by atoms with Crippen LogP contribution in [-0.4, -0.2) is 31.6 Å². The van der Waals surface area contributed by atoms with E-state index in [9.17, 15) is 14.9 Å². The number of aromatic nitrogens is 4. The number of carbonyl (C=O) groups is 1. The van der Waals surface area contributed by atoms with Crippen molar-refractivity contribution >= 4 is 17.5 Å². The maximum atomic E-state index is 11.9. The number of anilines is 1. The van der Waals surface area contributed by atoms with Crippen molar-refractivity contribution in [2.24, 2.45) is 0 Å². The van der Waals surface area contributed by atoms with Crippen LogP contribution in [0.2, 0.25) is 0 Å². The van der Waals surface area contributed by atoms with Crippen LogP contribution in [0.5, 0.6) is 5.75 Å². The summed E-state index contributed by atoms with van der Waals surface area (Å²) in [5.74, 6) is 0.803. The van der Waals surface area contributed by atoms with Crippen LogP contribution in [-0.2, 0) is 6.42 Å². The van der Waals surface area contributed by atoms with Gasteiger partial charge in [-0.05, 0) is 40.3 Å². The Hall–Kier alpha value is -3.82. The van der Waals surface area contributed by atoms with Gasteiger partial charge in [0.05, 0.1) is 4.92 Å². The quantitative estimate of drug-likeness (QED) is 0.537. The van der Waals surface area contributed by atoms with Gasteiger partial charge in [0, 0.05) is 24.2 Å². The molecule has 10 nitrogen and oxygen atoms in total. The molecule has 0 aliphatic carbocycles. The fraction of sp³-hybridized carbons (Fsp3) is 0.0667. The fourth-order valence-electron chi connectivity index (χ4n) is 2.09. The molecule has 0 fully saturated rings. The van der Waals surface area contributed by atoms with Gasteiger partial charge < -0.3 is 4.74 Å². The van der Waals surface area contributed by atoms with Gasteiger partial charge in [0.2, 0.25) is 0 Å². The van der Waals surface area contributed by atoms with Crippen molar-refractivity contribution in [3.63, 3.8) is 0 Å². The van der Waals surface area contributed by atoms with E-state index >= 15 is 0 Å². The summed E-state index contributed by atoms with van der Waals surface area (Å²) in [6.45, 7) is 0. The summed E-state index contributed by atoms with van der Waals surface area (Å²) >= 11 is 0. The number of carbonyl (C=O) groups excluding carboxylic acids is 1. The molecule has 0 saturated heterocycles. The number of H-pyrrole nitrogens is 1. The Kier molecular flexibility index (Phi) is 4.60. The number of non-ortho nitro benzene ring substituents is 1. The second-order valence-electron chi connectivity index (χ2n) is 4.99. The third-order valence-corrected chi connectivity index (χ3v) is 3.19. The smallest absolute Gasteiger partial charge is 0.410 e. The maximum absolute atomic E-state index is 11.9. The van der Waals surface area contributed by atoms with E-state index in [1.807, 2.05) is 6.07 Å². The first-order chi connectivity index (χ1) is 12.1. The molecule has 1 aromatic heterocycles. The number of nitrogens with zero attached hydrogens (tertiary/aromatic N) is 4. The second-order valence-corrected chi connectivity index (χ2v) is 4.99. The maximum Gasteiger partial charge on any atom is 0.417 e. The zero-order valence-electron chi connectivity index (χ0n) is 12.7. The summed E-state index contributed by atoms with van der Waals surface area (Å²) in [6, 6.07) is 12.3. The molecule has 0 aliphatic heterocycles. The molecule has 2 N–H and O–H groups in total. The van der Waals surface area contributed by atoms with Crippen LogP contribution in [0, 0.1) is 10.1 Å². The van der Waals surface area contributed by atoms with Crippen LogP contribution in [0.15, 0.2) is 48.5 Å². The highest BCUT2D eigenvalue weighted by atomic mass is 16.6. The predicted octanol–water partition coefficient (Wildman–Crippen LogP) is 2.31. The van der Waals surface area contributed by atoms with E-state index in [1.165, 1.54) is 24.3 Å². The molecule has 1 amide bonds. The third-order valence-electron chi connectivity index (χ3n) is 3.19. The zero-order chi connectivity index (χ0) is 17.6. The van der Waals surface area contributed by atoms with Gasteiger partial charge in [-0.1, -0.05) is 12.1 Å². The summed E-state index contributed by atoms with van der Waals surface area (Å²) < 4.78 is 5.09. The summed E-state index contributed by atoms with van der Waals surface area (Å²) in [4.78, 5) is 22.0. The van der Waals surface area contributed by atoms with Gasteiger partial charge in [-0.25, -0.2) is 9.89 Å². The minimum atomic E-state index is -0.702. The van der Waals surface area contributed by atoms with Crippen molar-refractivity contribution in [2.45, 2.75) is 6.42 Å². The number of ether oxygens (including phenoxy) is 1. The molecule has 2 aromatic carbocycles. The van der Waals surface area contributed by atoms with Crippen molar-refractivity contribution in [3.8, 4) is 5.75 Å². The largest absolute Gasteiger partial charge is 0.417 e. The van der Waals surface area contributed by atoms with Crippen molar-refractivity contribution in [3.05, 3.63) is 70.0 Å². The topological polar surface area (TPSA) is 136 Å². The molecule has 0 aliphatic rings. The lowest BCUT2D eigenvalue weighted by molar-refractivity contribution is -0.384. The molecule has 126 valence electrons. The molecular formula is C15H12N6O4. The number of tetrazole rings is 1. The molecule has 25 heavy (non-hydrogen) atoms. The Morgan fingerprint density at radius 2 is 2.04 bits per heavy atom. The summed E-state index contributed by atoms with van der Waals surface area (Å²) in [7, 11) is 0. The van der Waals surface area contributed by atoms with Crippen molar-refractivity contribution in [2.75, 3.05) is 5.32 Å². The van der Waals surface area contributed by atoms with Crippen LogP contribution >= 0.6 is 0 Å². The predicted molar refractivity (Wildman–Crippen MR) is 86.2 cm³/mol. The van der Waals surface area contributed by atoms with E-state index in [0.29, 0.717) is 17.9 Å². The van der Waals surface area contributed by atoms with Gasteiger partial charge in [-0.2, -0.15) is 0 Å². The highest BCUT2D eigenvalue weighted by Gasteiger charge is 2.09. The minimum Gasteiger partial charge on any atom is -0.410 e. The Bertz CT molecular complexity index is 879. The lowest BCUT2D eigenvalue weighted by Crippen LogP contribution is -2.16. The van der Waals surface area contributed by atoms with Gasteiger partial charge in [0.1, 0.15) is 5.75 Å². The Morgan fingerprint density at radius 1 is 1.24 bits per heavy atom. The number of benzene rings is 2. The second kappa shape index (κ2) is 7.17. The molecule has 1 heterocycles. The Morgan fingerprint density at radius 3 is 2.72 bits per heavy atom. The first-order valence-electron chi connectivity index (χ1n) is 7.15. The molecule has 0 radical (unpaired) electrons. The number of hydrogen-bond acceptors (Lipinski definition) is 7. The molecule has 3 aromatic rings. The van der Waals surface area contributed by atoms with Gasteiger partial charge in [0.25, 0.3) is 5.69 Å². The zero-order valence-corrected chi connectivity index (χ0v) is 12.7. The van der Waals surface area contributed by atoms with E-state index in [0.717, 1.165) is 5.56 Å². The Balaban J connectivity index is 1.61. The minimum absolute atomic E-state index is 0.0811. The van der Waals surface area contributed by atoms with Gasteiger partial charge >= 0.3 is 6.09 Å². The lowest BCUT2D eigenvalue weighted by Gasteiger charge is -2.07. The standard InChI is InChI=1S/C15H12N6O4/c22-15(25-13-6-4-12(5-7-13)21(23)24)16-11-3-1-2-10(8-11)9-14-17-19-20-18-14/h1-8H,9H2,(H,16,22)(H,17,18,19,20). The van der Waals surface area contributed by atoms with Crippen molar-refractivity contribution in [1.29, 1.82) is 0 Å². The molecule has 10 heteroatoms. The monoisotopic (exact) mass is 340 g/mol. The summed E-state index contributed by atoms with van der Waals surface area (Å²) in [5, 5.41) is 26.6. The van der Waals surface area contributed by atoms with E-state index in [-0.39, 0.29) is 11.4 Å². The molecule has 3 rings (SSSR count). The number of nitro benzene ring substituents is 1. The van der Waals surface area contributed by atoms with Gasteiger partial charge in [-0.3, -0.25) is 15.4 Å². The first kappa shape index (κ1) is 16.1. The number of aromatic amines is 1. The van der Waals surface area contributed by atoms with Crippen LogP contribution in [0.4, 0.5) is 16.2 Å². The lowest BCUT2D eigenvalue weighted by atomic mass is 10.1. The number of rotatable bonds is 5. The van der Waals surface area contributed by atoms with Crippen LogP contribution in [0.3, 0.4) is 0 Å². The molecule has 0 spiro atoms. The van der Waals surface area contributed by atoms with E-state index in [1.54, 1.807) is 18.2 Å². The average molecular weight is 340 g/mol. The third kappa shape index (κ3) is 4.34. The molecule has 0 bridgehead atoms. The normalized spacial score (nSPS) is 10.2. The molecular weight excluding hydrogens is 328 g/mol. The van der Waals surface area contributed by atoms with E-state index in [4.69, 9.17) is 4.74 Å². The van der Waals surface area contributed by atoms with Crippen LogP contribution < -0.4 is 10.1 Å². The summed E-state index contributed by atoms with van der Waals surface area (Å²) in [5.41, 5.74) is 1.35. The van der Waals surface area contributed by atoms with Crippen molar-refractivity contribution in [1.82, 2.24) is 20.6 Å². The number of hydrogen-bond donors (Lipinski definition) is 2. The molecule has 0 unspecified atom stereocenters. The van der Waals surface area contributed by atoms with Crippen molar-refractivity contribution < 1.29 is 14.5 Å². The highest BCUT2D eigenvalue weighted by molar-refractivity contribution is 5.86. The average Bonchev–Trinajstić information content (AvgIpc) is 3.08. The van der Waals surface area contributed by atoms with Gasteiger partial charge in [0.15, 0.2) is 5.82 Å². The SMILES string of the molecule is O=C(Nc1cccc(Cc2nnn[nH]2)c1)Oc1ccc([N+](=O)[O-])cc1. The first-order valence-corrected chi connectivity index (χ1v) is 7.15. The Labute approximate surface area is 141 Å². The van der Waals surface area contributed by atoms with Crippen LogP contribution in [0.25, 0.3) is 0 Å². The molecule has 0 atom stereocenters. The highest BCUT2D eigenvalue weighted by Crippen LogP contribution is 2.18. The number of nitro groups is 1. The van der Waals surface area contributed by atoms with E-state index in [2.05, 4.69) is 25.9 Å². The van der Waals surface area contributed by atoms with E-state index < -0.39 is 11.0 Å². The summed E-state index contributed by atoms with van der Waals surface area (Å²) in [6.07, 6.45) is -0.216. The molecule has 0 saturated carbocycles. The number of nitrogens with one attached hydrogen (secondary N) is 2. The fourth-order valence-corrected chi connectivity index (χ4v) is 2.09. The van der Waals surface area contributed by atoms with Gasteiger partial charge in [-0.15, -0.1) is 5.10 Å². The number of amides is 1. The van der Waals surface area contributed by atoms with Crippen LogP contribution in [0.1, 0.15) is 11.4 Å².